The molecule has 0 fully saturated rings. The van der Waals surface area contributed by atoms with Crippen LogP contribution in [-0.2, 0) is 6.54 Å². The molecule has 0 radical (unpaired) electrons. The van der Waals surface area contributed by atoms with Gasteiger partial charge < -0.3 is 4.90 Å². The van der Waals surface area contributed by atoms with Crippen LogP contribution in [0.3, 0.4) is 0 Å². The molecule has 0 atom stereocenters. The number of quaternary nitrogens is 1. The van der Waals surface area contributed by atoms with Crippen molar-refractivity contribution in [3.8, 4) is 0 Å². The largest absolute Gasteiger partial charge is 0.335 e. The lowest BCUT2D eigenvalue weighted by molar-refractivity contribution is -0.873. The summed E-state index contributed by atoms with van der Waals surface area (Å²) >= 11 is 0. The smallest absolute Gasteiger partial charge is 0.137 e. The number of rotatable bonds is 2. The van der Waals surface area contributed by atoms with Crippen molar-refractivity contribution in [3.05, 3.63) is 35.8 Å². The van der Waals surface area contributed by atoms with Gasteiger partial charge in [0.25, 0.3) is 0 Å². The van der Waals surface area contributed by atoms with Gasteiger partial charge >= 0.3 is 0 Å². The Labute approximate surface area is 84.0 Å². The summed E-state index contributed by atoms with van der Waals surface area (Å²) in [4.78, 5) is 5.77. The second kappa shape index (κ2) is 3.42. The topological polar surface area (TPSA) is 21.7 Å². The highest BCUT2D eigenvalue weighted by Gasteiger charge is 2.05. The summed E-state index contributed by atoms with van der Waals surface area (Å²) in [6.45, 7) is 3.11. The average Bonchev–Trinajstić information content (AvgIpc) is 2.47. The standard InChI is InChI=1S/C11H15N3/c1-9-4-5-11-12-6-10(8-13(2)3)14(11)7-9/h4-7H,8H2,1-3H3/p+1. The van der Waals surface area contributed by atoms with Crippen LogP contribution >= 0.6 is 0 Å². The normalized spacial score (nSPS) is 11.4. The number of aryl methyl sites for hydroxylation is 1. The van der Waals surface area contributed by atoms with Gasteiger partial charge in [0.15, 0.2) is 0 Å². The SMILES string of the molecule is Cc1ccc2ncc(C[NH+](C)C)n2c1. The van der Waals surface area contributed by atoms with Crippen LogP contribution in [0.5, 0.6) is 0 Å². The van der Waals surface area contributed by atoms with Crippen molar-refractivity contribution in [3.63, 3.8) is 0 Å². The van der Waals surface area contributed by atoms with Crippen molar-refractivity contribution in [1.29, 1.82) is 0 Å². The van der Waals surface area contributed by atoms with E-state index in [0.717, 1.165) is 12.2 Å². The van der Waals surface area contributed by atoms with Crippen LogP contribution in [0.2, 0.25) is 0 Å². The summed E-state index contributed by atoms with van der Waals surface area (Å²) < 4.78 is 2.17. The van der Waals surface area contributed by atoms with Crippen LogP contribution < -0.4 is 4.90 Å². The molecule has 2 aromatic rings. The predicted octanol–water partition coefficient (Wildman–Crippen LogP) is 0.287. The number of fused-ring (bicyclic) bond motifs is 1. The number of aromatic nitrogens is 2. The maximum atomic E-state index is 4.36. The number of pyridine rings is 1. The molecule has 3 heteroatoms. The molecule has 14 heavy (non-hydrogen) atoms. The molecule has 3 nitrogen and oxygen atoms in total. The molecule has 0 saturated heterocycles. The third kappa shape index (κ3) is 1.63. The van der Waals surface area contributed by atoms with Gasteiger partial charge in [-0.25, -0.2) is 4.98 Å². The first-order valence-electron chi connectivity index (χ1n) is 4.88. The fourth-order valence-electron chi connectivity index (χ4n) is 1.63. The first-order valence-corrected chi connectivity index (χ1v) is 4.88. The molecule has 0 aliphatic heterocycles. The molecular formula is C11H16N3+. The van der Waals surface area contributed by atoms with Crippen LogP contribution in [0.25, 0.3) is 5.65 Å². The van der Waals surface area contributed by atoms with Gasteiger partial charge in [-0.2, -0.15) is 0 Å². The summed E-state index contributed by atoms with van der Waals surface area (Å²) in [5.41, 5.74) is 3.57. The van der Waals surface area contributed by atoms with E-state index >= 15 is 0 Å². The quantitative estimate of drug-likeness (QED) is 0.722. The van der Waals surface area contributed by atoms with E-state index in [2.05, 4.69) is 48.7 Å². The first-order chi connectivity index (χ1) is 6.66. The van der Waals surface area contributed by atoms with Crippen LogP contribution in [0, 0.1) is 6.92 Å². The Morgan fingerprint density at radius 3 is 2.86 bits per heavy atom. The second-order valence-electron chi connectivity index (χ2n) is 4.07. The Bertz CT molecular complexity index is 443. The van der Waals surface area contributed by atoms with E-state index in [1.165, 1.54) is 16.2 Å². The van der Waals surface area contributed by atoms with E-state index in [9.17, 15) is 0 Å². The van der Waals surface area contributed by atoms with Crippen LogP contribution in [0.4, 0.5) is 0 Å². The van der Waals surface area contributed by atoms with Gasteiger partial charge in [0.1, 0.15) is 12.2 Å². The summed E-state index contributed by atoms with van der Waals surface area (Å²) in [5, 5.41) is 0. The van der Waals surface area contributed by atoms with Gasteiger partial charge in [-0.1, -0.05) is 6.07 Å². The molecule has 0 bridgehead atoms. The zero-order chi connectivity index (χ0) is 10.1. The molecule has 0 aromatic carbocycles. The van der Waals surface area contributed by atoms with Gasteiger partial charge in [-0.15, -0.1) is 0 Å². The van der Waals surface area contributed by atoms with Crippen LogP contribution in [-0.4, -0.2) is 23.5 Å². The van der Waals surface area contributed by atoms with Crippen molar-refractivity contribution in [1.82, 2.24) is 9.38 Å². The Morgan fingerprint density at radius 2 is 2.14 bits per heavy atom. The van der Waals surface area contributed by atoms with E-state index in [-0.39, 0.29) is 0 Å². The Hall–Kier alpha value is -1.35. The molecular weight excluding hydrogens is 174 g/mol. The molecule has 0 amide bonds. The van der Waals surface area contributed by atoms with Crippen molar-refractivity contribution >= 4 is 5.65 Å². The average molecular weight is 190 g/mol. The maximum Gasteiger partial charge on any atom is 0.137 e. The fourth-order valence-corrected chi connectivity index (χ4v) is 1.63. The van der Waals surface area contributed by atoms with Gasteiger partial charge in [0, 0.05) is 6.20 Å². The summed E-state index contributed by atoms with van der Waals surface area (Å²) in [6.07, 6.45) is 4.10. The van der Waals surface area contributed by atoms with Crippen LogP contribution in [0.1, 0.15) is 11.3 Å². The number of nitrogens with zero attached hydrogens (tertiary/aromatic N) is 2. The molecule has 74 valence electrons. The second-order valence-corrected chi connectivity index (χ2v) is 4.07. The number of nitrogens with one attached hydrogen (secondary N) is 1. The third-order valence-corrected chi connectivity index (χ3v) is 2.26. The molecule has 1 N–H and O–H groups in total. The van der Waals surface area contributed by atoms with Crippen molar-refractivity contribution in [2.45, 2.75) is 13.5 Å². The van der Waals surface area contributed by atoms with Gasteiger partial charge in [-0.3, -0.25) is 4.40 Å². The fraction of sp³-hybridized carbons (Fsp3) is 0.364. The van der Waals surface area contributed by atoms with E-state index in [1.54, 1.807) is 0 Å². The molecule has 2 rings (SSSR count). The zero-order valence-corrected chi connectivity index (χ0v) is 8.91. The van der Waals surface area contributed by atoms with Gasteiger partial charge in [0.2, 0.25) is 0 Å². The molecule has 0 unspecified atom stereocenters. The Balaban J connectivity index is 2.50. The monoisotopic (exact) mass is 190 g/mol. The highest BCUT2D eigenvalue weighted by atomic mass is 15.1. The van der Waals surface area contributed by atoms with Crippen molar-refractivity contribution in [2.24, 2.45) is 0 Å². The minimum atomic E-state index is 1.00. The molecule has 2 aromatic heterocycles. The minimum Gasteiger partial charge on any atom is -0.335 e. The van der Waals surface area contributed by atoms with Gasteiger partial charge in [-0.05, 0) is 18.6 Å². The summed E-state index contributed by atoms with van der Waals surface area (Å²) in [6, 6.07) is 4.15. The first kappa shape index (κ1) is 9.21. The number of hydrogen-bond acceptors (Lipinski definition) is 1. The maximum absolute atomic E-state index is 4.36. The molecule has 2 heterocycles. The Morgan fingerprint density at radius 1 is 1.36 bits per heavy atom. The summed E-state index contributed by atoms with van der Waals surface area (Å²) in [5.74, 6) is 0. The molecule has 0 aliphatic carbocycles. The third-order valence-electron chi connectivity index (χ3n) is 2.26. The molecule has 0 aliphatic rings. The lowest BCUT2D eigenvalue weighted by Gasteiger charge is -2.06. The highest BCUT2D eigenvalue weighted by Crippen LogP contribution is 2.07. The zero-order valence-electron chi connectivity index (χ0n) is 8.91. The lowest BCUT2D eigenvalue weighted by atomic mass is 10.3. The number of hydrogen-bond donors (Lipinski definition) is 1. The van der Waals surface area contributed by atoms with Crippen molar-refractivity contribution in [2.75, 3.05) is 14.1 Å². The van der Waals surface area contributed by atoms with E-state index in [1.807, 2.05) is 6.20 Å². The summed E-state index contributed by atoms with van der Waals surface area (Å²) in [7, 11) is 4.30. The molecule has 0 spiro atoms. The number of imidazole rings is 1. The van der Waals surface area contributed by atoms with E-state index < -0.39 is 0 Å². The lowest BCUT2D eigenvalue weighted by Crippen LogP contribution is -3.04. The van der Waals surface area contributed by atoms with Crippen molar-refractivity contribution < 1.29 is 4.90 Å². The van der Waals surface area contributed by atoms with E-state index in [0.29, 0.717) is 0 Å². The molecule has 0 saturated carbocycles. The highest BCUT2D eigenvalue weighted by molar-refractivity contribution is 5.41. The van der Waals surface area contributed by atoms with Gasteiger partial charge in [0.05, 0.1) is 26.0 Å². The predicted molar refractivity (Wildman–Crippen MR) is 56.4 cm³/mol. The van der Waals surface area contributed by atoms with E-state index in [4.69, 9.17) is 0 Å². The Kier molecular flexibility index (Phi) is 2.25. The minimum absolute atomic E-state index is 1.00. The van der Waals surface area contributed by atoms with Crippen LogP contribution in [0.15, 0.2) is 24.5 Å².